The first-order valence-corrected chi connectivity index (χ1v) is 9.31. The van der Waals surface area contributed by atoms with Crippen molar-refractivity contribution in [2.45, 2.75) is 43.4 Å². The third-order valence-corrected chi connectivity index (χ3v) is 5.59. The van der Waals surface area contributed by atoms with Crippen LogP contribution < -0.4 is 5.32 Å². The number of hydrogen-bond acceptors (Lipinski definition) is 8. The quantitative estimate of drug-likeness (QED) is 0.514. The third kappa shape index (κ3) is 2.67. The lowest BCUT2D eigenvalue weighted by Crippen LogP contribution is -2.33. The van der Waals surface area contributed by atoms with Crippen LogP contribution in [0.5, 0.6) is 0 Å². The van der Waals surface area contributed by atoms with E-state index in [-0.39, 0.29) is 12.6 Å². The summed E-state index contributed by atoms with van der Waals surface area (Å²) in [5.41, 5.74) is 3.64. The Morgan fingerprint density at radius 1 is 1.14 bits per heavy atom. The molecule has 146 valence electrons. The molecule has 1 saturated heterocycles. The number of ether oxygens (including phenoxy) is 1. The first-order chi connectivity index (χ1) is 13.7. The summed E-state index contributed by atoms with van der Waals surface area (Å²) in [5, 5.41) is 33.1. The van der Waals surface area contributed by atoms with Gasteiger partial charge in [0.05, 0.1) is 19.0 Å². The Kier molecular flexibility index (Phi) is 4.24. The predicted molar refractivity (Wildman–Crippen MR) is 99.5 cm³/mol. The fraction of sp³-hybridized carbons (Fsp3) is 0.421. The van der Waals surface area contributed by atoms with E-state index in [9.17, 15) is 15.3 Å². The van der Waals surface area contributed by atoms with Crippen LogP contribution in [-0.2, 0) is 11.2 Å². The van der Waals surface area contributed by atoms with Gasteiger partial charge in [0.1, 0.15) is 24.6 Å². The van der Waals surface area contributed by atoms with Crippen molar-refractivity contribution >= 4 is 17.0 Å². The molecule has 3 heterocycles. The van der Waals surface area contributed by atoms with Gasteiger partial charge in [0.15, 0.2) is 23.2 Å². The van der Waals surface area contributed by atoms with Crippen LogP contribution in [0, 0.1) is 0 Å². The molecule has 0 bridgehead atoms. The number of aromatic nitrogens is 4. The van der Waals surface area contributed by atoms with Crippen LogP contribution in [0.2, 0.25) is 0 Å². The van der Waals surface area contributed by atoms with Crippen LogP contribution in [0.1, 0.15) is 29.8 Å². The number of nitrogens with zero attached hydrogens (tertiary/aromatic N) is 4. The maximum Gasteiger partial charge on any atom is 0.167 e. The smallest absolute Gasteiger partial charge is 0.167 e. The summed E-state index contributed by atoms with van der Waals surface area (Å²) in [4.78, 5) is 13.1. The minimum absolute atomic E-state index is 0.147. The molecular weight excluding hydrogens is 362 g/mol. The van der Waals surface area contributed by atoms with Crippen molar-refractivity contribution in [1.82, 2.24) is 19.5 Å². The molecule has 1 aromatic carbocycles. The predicted octanol–water partition coefficient (Wildman–Crippen LogP) is 0.537. The zero-order chi connectivity index (χ0) is 19.3. The summed E-state index contributed by atoms with van der Waals surface area (Å²) in [7, 11) is 0. The van der Waals surface area contributed by atoms with Crippen molar-refractivity contribution in [3.8, 4) is 0 Å². The van der Waals surface area contributed by atoms with Gasteiger partial charge in [-0.25, -0.2) is 15.0 Å². The number of fused-ring (bicyclic) bond motifs is 2. The molecule has 1 aliphatic heterocycles. The van der Waals surface area contributed by atoms with Crippen LogP contribution >= 0.6 is 0 Å². The minimum Gasteiger partial charge on any atom is -0.394 e. The van der Waals surface area contributed by atoms with Gasteiger partial charge in [-0.3, -0.25) is 4.57 Å². The summed E-state index contributed by atoms with van der Waals surface area (Å²) in [6.45, 7) is -0.385. The van der Waals surface area contributed by atoms with Gasteiger partial charge in [-0.1, -0.05) is 24.3 Å². The Bertz CT molecular complexity index is 1010. The maximum atomic E-state index is 10.3. The molecule has 9 nitrogen and oxygen atoms in total. The molecule has 28 heavy (non-hydrogen) atoms. The second kappa shape index (κ2) is 6.78. The summed E-state index contributed by atoms with van der Waals surface area (Å²) in [5.74, 6) is 0.609. The summed E-state index contributed by atoms with van der Waals surface area (Å²) in [6, 6.07) is 8.49. The maximum absolute atomic E-state index is 10.3. The van der Waals surface area contributed by atoms with E-state index in [4.69, 9.17) is 4.74 Å². The van der Waals surface area contributed by atoms with E-state index >= 15 is 0 Å². The van der Waals surface area contributed by atoms with Gasteiger partial charge in [-0.05, 0) is 24.0 Å². The van der Waals surface area contributed by atoms with Gasteiger partial charge in [0, 0.05) is 0 Å². The number of hydrogen-bond donors (Lipinski definition) is 4. The number of imidazole rings is 1. The van der Waals surface area contributed by atoms with Crippen LogP contribution in [-0.4, -0.2) is 59.8 Å². The molecule has 1 aliphatic carbocycles. The highest BCUT2D eigenvalue weighted by Gasteiger charge is 2.44. The van der Waals surface area contributed by atoms with Crippen LogP contribution in [0.3, 0.4) is 0 Å². The number of aliphatic hydroxyl groups excluding tert-OH is 3. The molecule has 4 N–H and O–H groups in total. The van der Waals surface area contributed by atoms with E-state index in [1.807, 2.05) is 12.1 Å². The molecule has 0 radical (unpaired) electrons. The largest absolute Gasteiger partial charge is 0.394 e. The highest BCUT2D eigenvalue weighted by Crippen LogP contribution is 2.36. The van der Waals surface area contributed by atoms with E-state index in [1.54, 1.807) is 4.57 Å². The zero-order valence-electron chi connectivity index (χ0n) is 15.0. The van der Waals surface area contributed by atoms with Crippen LogP contribution in [0.25, 0.3) is 11.2 Å². The van der Waals surface area contributed by atoms with Crippen molar-refractivity contribution in [3.63, 3.8) is 0 Å². The molecule has 5 atom stereocenters. The van der Waals surface area contributed by atoms with Gasteiger partial charge in [0.25, 0.3) is 0 Å². The van der Waals surface area contributed by atoms with Gasteiger partial charge >= 0.3 is 0 Å². The number of benzene rings is 1. The minimum atomic E-state index is -1.19. The Morgan fingerprint density at radius 2 is 2.00 bits per heavy atom. The zero-order valence-corrected chi connectivity index (χ0v) is 15.0. The molecule has 5 rings (SSSR count). The highest BCUT2D eigenvalue weighted by atomic mass is 16.6. The first kappa shape index (κ1) is 17.5. The molecule has 1 fully saturated rings. The van der Waals surface area contributed by atoms with E-state index in [1.165, 1.54) is 23.8 Å². The molecule has 0 saturated carbocycles. The average molecular weight is 383 g/mol. The first-order valence-electron chi connectivity index (χ1n) is 9.31. The number of nitrogens with one attached hydrogen (secondary N) is 1. The van der Waals surface area contributed by atoms with Gasteiger partial charge in [-0.15, -0.1) is 0 Å². The van der Waals surface area contributed by atoms with Crippen molar-refractivity contribution in [3.05, 3.63) is 48.0 Å². The number of aliphatic hydroxyl groups is 3. The van der Waals surface area contributed by atoms with Crippen LogP contribution in [0.4, 0.5) is 5.82 Å². The number of aryl methyl sites for hydroxylation is 1. The standard InChI is InChI=1S/C19H21N5O4/c25-7-13-15(26)16(27)19(28-13)24-9-22-14-17(20-8-21-18(14)24)23-12-6-5-10-3-1-2-4-11(10)12/h1-4,8-9,12-13,15-16,19,25-27H,5-7H2,(H,20,21,23)/t12-,13-,15-,16-,19-/m0/s1. The second-order valence-corrected chi connectivity index (χ2v) is 7.21. The van der Waals surface area contributed by atoms with Gasteiger partial charge < -0.3 is 25.4 Å². The van der Waals surface area contributed by atoms with Gasteiger partial charge in [-0.2, -0.15) is 0 Å². The summed E-state index contributed by atoms with van der Waals surface area (Å²) in [6.07, 6.45) is 0.821. The van der Waals surface area contributed by atoms with E-state index in [0.717, 1.165) is 12.8 Å². The fourth-order valence-electron chi connectivity index (χ4n) is 4.13. The number of anilines is 1. The average Bonchev–Trinajstić information content (AvgIpc) is 3.40. The van der Waals surface area contributed by atoms with Crippen LogP contribution in [0.15, 0.2) is 36.9 Å². The number of rotatable bonds is 4. The molecular formula is C19H21N5O4. The van der Waals surface area contributed by atoms with Crippen molar-refractivity contribution in [1.29, 1.82) is 0 Å². The Hall–Kier alpha value is -2.59. The topological polar surface area (TPSA) is 126 Å². The third-order valence-electron chi connectivity index (χ3n) is 5.59. The lowest BCUT2D eigenvalue weighted by molar-refractivity contribution is -0.0511. The fourth-order valence-corrected chi connectivity index (χ4v) is 4.13. The lowest BCUT2D eigenvalue weighted by atomic mass is 10.1. The highest BCUT2D eigenvalue weighted by molar-refractivity contribution is 5.83. The molecule has 2 aliphatic rings. The summed E-state index contributed by atoms with van der Waals surface area (Å²) < 4.78 is 7.16. The SMILES string of the molecule is OC[C@@H]1O[C@H](n2cnc3c(N[C@H]4CCc5ccccc54)ncnc32)[C@@H](O)[C@H]1O. The Morgan fingerprint density at radius 3 is 2.82 bits per heavy atom. The Labute approximate surface area is 160 Å². The van der Waals surface area contributed by atoms with E-state index in [0.29, 0.717) is 17.0 Å². The summed E-state index contributed by atoms with van der Waals surface area (Å²) >= 11 is 0. The molecule has 2 aromatic heterocycles. The molecule has 0 spiro atoms. The van der Waals surface area contributed by atoms with Crippen molar-refractivity contribution in [2.75, 3.05) is 11.9 Å². The molecule has 0 amide bonds. The second-order valence-electron chi connectivity index (χ2n) is 7.21. The Balaban J connectivity index is 1.47. The monoisotopic (exact) mass is 383 g/mol. The van der Waals surface area contributed by atoms with Crippen molar-refractivity contribution < 1.29 is 20.1 Å². The molecule has 9 heteroatoms. The molecule has 0 unspecified atom stereocenters. The van der Waals surface area contributed by atoms with Crippen molar-refractivity contribution in [2.24, 2.45) is 0 Å². The normalized spacial score (nSPS) is 29.3. The van der Waals surface area contributed by atoms with E-state index in [2.05, 4.69) is 32.4 Å². The van der Waals surface area contributed by atoms with Gasteiger partial charge in [0.2, 0.25) is 0 Å². The lowest BCUT2D eigenvalue weighted by Gasteiger charge is -2.17. The van der Waals surface area contributed by atoms with E-state index < -0.39 is 24.5 Å². The molecule has 3 aromatic rings.